The Bertz CT molecular complexity index is 509. The highest BCUT2D eigenvalue weighted by atomic mass is 19.1. The van der Waals surface area contributed by atoms with E-state index in [0.29, 0.717) is 31.8 Å². The van der Waals surface area contributed by atoms with Crippen molar-refractivity contribution in [1.82, 2.24) is 4.90 Å². The lowest BCUT2D eigenvalue weighted by molar-refractivity contribution is 0.126. The molecule has 2 N–H and O–H groups in total. The first-order valence-electron chi connectivity index (χ1n) is 6.26. The van der Waals surface area contributed by atoms with E-state index >= 15 is 0 Å². The third-order valence-electron chi connectivity index (χ3n) is 3.40. The zero-order valence-corrected chi connectivity index (χ0v) is 10.3. The molecule has 3 rings (SSSR count). The standard InChI is InChI=1S/C13H15FN2O3/c14-9-1-2-12-8(3-9)4-10(18-12)6-16-7-11(5-15)19-13(16)17/h1-3,10-11H,4-7,15H2. The highest BCUT2D eigenvalue weighted by Gasteiger charge is 2.34. The van der Waals surface area contributed by atoms with E-state index in [-0.39, 0.29) is 24.1 Å². The number of benzene rings is 1. The van der Waals surface area contributed by atoms with E-state index in [1.807, 2.05) is 0 Å². The first-order chi connectivity index (χ1) is 9.15. The minimum atomic E-state index is -0.360. The summed E-state index contributed by atoms with van der Waals surface area (Å²) >= 11 is 0. The van der Waals surface area contributed by atoms with Gasteiger partial charge in [-0.2, -0.15) is 0 Å². The van der Waals surface area contributed by atoms with Gasteiger partial charge in [0.15, 0.2) is 0 Å². The van der Waals surface area contributed by atoms with Gasteiger partial charge < -0.3 is 20.1 Å². The number of hydrogen-bond acceptors (Lipinski definition) is 4. The quantitative estimate of drug-likeness (QED) is 0.883. The fraction of sp³-hybridized carbons (Fsp3) is 0.462. The van der Waals surface area contributed by atoms with Gasteiger partial charge in [0, 0.05) is 18.5 Å². The molecule has 6 heteroatoms. The molecule has 1 fully saturated rings. The molecule has 102 valence electrons. The first-order valence-corrected chi connectivity index (χ1v) is 6.26. The zero-order valence-electron chi connectivity index (χ0n) is 10.3. The van der Waals surface area contributed by atoms with Gasteiger partial charge in [0.2, 0.25) is 0 Å². The number of carbonyl (C=O) groups is 1. The number of carbonyl (C=O) groups excluding carboxylic acids is 1. The number of amides is 1. The van der Waals surface area contributed by atoms with Gasteiger partial charge >= 0.3 is 6.09 Å². The highest BCUT2D eigenvalue weighted by molar-refractivity contribution is 5.70. The van der Waals surface area contributed by atoms with E-state index in [2.05, 4.69) is 0 Å². The summed E-state index contributed by atoms with van der Waals surface area (Å²) < 4.78 is 23.9. The number of ether oxygens (including phenoxy) is 2. The minimum Gasteiger partial charge on any atom is -0.488 e. The molecule has 0 radical (unpaired) electrons. The molecule has 0 saturated carbocycles. The third kappa shape index (κ3) is 2.35. The Labute approximate surface area is 110 Å². The Morgan fingerprint density at radius 3 is 2.95 bits per heavy atom. The molecule has 0 aromatic heterocycles. The maximum Gasteiger partial charge on any atom is 0.410 e. The van der Waals surface area contributed by atoms with E-state index < -0.39 is 0 Å². The summed E-state index contributed by atoms with van der Waals surface area (Å²) in [6, 6.07) is 4.46. The van der Waals surface area contributed by atoms with E-state index in [4.69, 9.17) is 15.2 Å². The van der Waals surface area contributed by atoms with E-state index in [1.165, 1.54) is 12.1 Å². The van der Waals surface area contributed by atoms with Crippen LogP contribution in [0.1, 0.15) is 5.56 Å². The lowest BCUT2D eigenvalue weighted by Crippen LogP contribution is -2.36. The second-order valence-corrected chi connectivity index (χ2v) is 4.84. The number of fused-ring (bicyclic) bond motifs is 1. The van der Waals surface area contributed by atoms with Crippen molar-refractivity contribution in [3.05, 3.63) is 29.6 Å². The number of hydrogen-bond donors (Lipinski definition) is 1. The van der Waals surface area contributed by atoms with Crippen LogP contribution in [0.25, 0.3) is 0 Å². The molecular weight excluding hydrogens is 251 g/mol. The number of rotatable bonds is 3. The SMILES string of the molecule is NCC1CN(CC2Cc3cc(F)ccc3O2)C(=O)O1. The maximum absolute atomic E-state index is 13.1. The van der Waals surface area contributed by atoms with Gasteiger partial charge in [-0.25, -0.2) is 9.18 Å². The molecule has 0 bridgehead atoms. The summed E-state index contributed by atoms with van der Waals surface area (Å²) in [5.74, 6) is 0.418. The largest absolute Gasteiger partial charge is 0.488 e. The van der Waals surface area contributed by atoms with E-state index in [0.717, 1.165) is 5.56 Å². The Balaban J connectivity index is 1.63. The molecule has 2 aliphatic rings. The van der Waals surface area contributed by atoms with Crippen LogP contribution < -0.4 is 10.5 Å². The van der Waals surface area contributed by atoms with Crippen LogP contribution in [0, 0.1) is 5.82 Å². The van der Waals surface area contributed by atoms with Crippen LogP contribution in [-0.4, -0.2) is 42.8 Å². The van der Waals surface area contributed by atoms with Crippen molar-refractivity contribution in [3.63, 3.8) is 0 Å². The molecule has 2 unspecified atom stereocenters. The monoisotopic (exact) mass is 266 g/mol. The van der Waals surface area contributed by atoms with Gasteiger partial charge in [-0.05, 0) is 18.2 Å². The molecular formula is C13H15FN2O3. The molecule has 1 amide bonds. The molecule has 1 aromatic rings. The third-order valence-corrected chi connectivity index (χ3v) is 3.40. The fourth-order valence-electron chi connectivity index (χ4n) is 2.48. The van der Waals surface area contributed by atoms with Gasteiger partial charge in [-0.1, -0.05) is 0 Å². The van der Waals surface area contributed by atoms with Crippen molar-refractivity contribution in [2.45, 2.75) is 18.6 Å². The molecule has 1 aromatic carbocycles. The summed E-state index contributed by atoms with van der Waals surface area (Å²) in [6.07, 6.45) is -0.153. The average molecular weight is 266 g/mol. The van der Waals surface area contributed by atoms with Crippen molar-refractivity contribution >= 4 is 6.09 Å². The zero-order chi connectivity index (χ0) is 13.4. The van der Waals surface area contributed by atoms with Gasteiger partial charge in [0.1, 0.15) is 23.8 Å². The maximum atomic E-state index is 13.1. The topological polar surface area (TPSA) is 64.8 Å². The fourth-order valence-corrected chi connectivity index (χ4v) is 2.48. The lowest BCUT2D eigenvalue weighted by atomic mass is 10.1. The summed E-state index contributed by atoms with van der Waals surface area (Å²) in [5, 5.41) is 0. The molecule has 5 nitrogen and oxygen atoms in total. The summed E-state index contributed by atoms with van der Waals surface area (Å²) in [4.78, 5) is 13.2. The van der Waals surface area contributed by atoms with Crippen molar-refractivity contribution in [1.29, 1.82) is 0 Å². The van der Waals surface area contributed by atoms with Gasteiger partial charge in [0.05, 0.1) is 13.1 Å². The molecule has 2 aliphatic heterocycles. The number of halogens is 1. The van der Waals surface area contributed by atoms with Crippen molar-refractivity contribution < 1.29 is 18.7 Å². The smallest absolute Gasteiger partial charge is 0.410 e. The predicted octanol–water partition coefficient (Wildman–Crippen LogP) is 0.909. The van der Waals surface area contributed by atoms with Crippen molar-refractivity contribution in [2.75, 3.05) is 19.6 Å². The molecule has 1 saturated heterocycles. The van der Waals surface area contributed by atoms with Crippen LogP contribution in [-0.2, 0) is 11.2 Å². The molecule has 0 spiro atoms. The molecule has 2 atom stereocenters. The summed E-state index contributed by atoms with van der Waals surface area (Å²) in [6.45, 7) is 1.24. The Morgan fingerprint density at radius 2 is 2.21 bits per heavy atom. The Hall–Kier alpha value is -1.82. The molecule has 2 heterocycles. The first kappa shape index (κ1) is 12.2. The second-order valence-electron chi connectivity index (χ2n) is 4.84. The molecule has 19 heavy (non-hydrogen) atoms. The summed E-state index contributed by atoms with van der Waals surface area (Å²) in [5.41, 5.74) is 6.32. The van der Waals surface area contributed by atoms with E-state index in [1.54, 1.807) is 11.0 Å². The van der Waals surface area contributed by atoms with Gasteiger partial charge in [-0.3, -0.25) is 0 Å². The van der Waals surface area contributed by atoms with Crippen LogP contribution in [0.15, 0.2) is 18.2 Å². The summed E-state index contributed by atoms with van der Waals surface area (Å²) in [7, 11) is 0. The number of nitrogens with two attached hydrogens (primary N) is 1. The van der Waals surface area contributed by atoms with Crippen LogP contribution in [0.4, 0.5) is 9.18 Å². The minimum absolute atomic E-state index is 0.152. The van der Waals surface area contributed by atoms with Crippen LogP contribution >= 0.6 is 0 Å². The highest BCUT2D eigenvalue weighted by Crippen LogP contribution is 2.30. The van der Waals surface area contributed by atoms with Crippen LogP contribution in [0.2, 0.25) is 0 Å². The van der Waals surface area contributed by atoms with E-state index in [9.17, 15) is 9.18 Å². The lowest BCUT2D eigenvalue weighted by Gasteiger charge is -2.17. The second kappa shape index (κ2) is 4.70. The van der Waals surface area contributed by atoms with Gasteiger partial charge in [-0.15, -0.1) is 0 Å². The average Bonchev–Trinajstić information content (AvgIpc) is 2.93. The van der Waals surface area contributed by atoms with Crippen LogP contribution in [0.3, 0.4) is 0 Å². The Morgan fingerprint density at radius 1 is 1.37 bits per heavy atom. The molecule has 0 aliphatic carbocycles. The number of cyclic esters (lactones) is 1. The normalized spacial score (nSPS) is 25.2. The number of nitrogens with zero attached hydrogens (tertiary/aromatic N) is 1. The van der Waals surface area contributed by atoms with Gasteiger partial charge in [0.25, 0.3) is 0 Å². The van der Waals surface area contributed by atoms with Crippen molar-refractivity contribution in [2.24, 2.45) is 5.73 Å². The predicted molar refractivity (Wildman–Crippen MR) is 65.4 cm³/mol. The van der Waals surface area contributed by atoms with Crippen molar-refractivity contribution in [3.8, 4) is 5.75 Å². The Kier molecular flexibility index (Phi) is 3.02. The van der Waals surface area contributed by atoms with Crippen LogP contribution in [0.5, 0.6) is 5.75 Å².